The largest absolute Gasteiger partial charge is 0.492 e. The molecule has 0 saturated heterocycles. The second-order valence-corrected chi connectivity index (χ2v) is 13.1. The Morgan fingerprint density at radius 3 is 1.74 bits per heavy atom. The van der Waals surface area contributed by atoms with Crippen molar-refractivity contribution in [2.24, 2.45) is 0 Å². The van der Waals surface area contributed by atoms with Crippen molar-refractivity contribution >= 4 is 11.9 Å². The van der Waals surface area contributed by atoms with Crippen LogP contribution in [0.5, 0.6) is 23.1 Å². The Hall–Kier alpha value is -5.64. The zero-order valence-corrected chi connectivity index (χ0v) is 31.1. The lowest BCUT2D eigenvalue weighted by atomic mass is 9.96. The molecule has 4 aromatic rings. The van der Waals surface area contributed by atoms with Crippen LogP contribution in [0.1, 0.15) is 86.6 Å². The summed E-state index contributed by atoms with van der Waals surface area (Å²) in [5.74, 6) is 2.11. The summed E-state index contributed by atoms with van der Waals surface area (Å²) >= 11 is 0. The molecule has 1 aliphatic carbocycles. The fourth-order valence-electron chi connectivity index (χ4n) is 6.19. The molecule has 2 heterocycles. The van der Waals surface area contributed by atoms with Crippen LogP contribution < -0.4 is 18.9 Å². The number of rotatable bonds is 24. The summed E-state index contributed by atoms with van der Waals surface area (Å²) < 4.78 is 33.4. The first-order valence-corrected chi connectivity index (χ1v) is 18.7. The Balaban J connectivity index is 1.00. The van der Waals surface area contributed by atoms with Crippen LogP contribution in [0, 0.1) is 0 Å². The van der Waals surface area contributed by atoms with E-state index in [2.05, 4.69) is 60.4 Å². The van der Waals surface area contributed by atoms with E-state index in [4.69, 9.17) is 28.4 Å². The van der Waals surface area contributed by atoms with Crippen LogP contribution >= 0.6 is 0 Å². The van der Waals surface area contributed by atoms with Gasteiger partial charge in [0.2, 0.25) is 12.7 Å². The maximum absolute atomic E-state index is 11.1. The van der Waals surface area contributed by atoms with E-state index in [0.29, 0.717) is 38.1 Å². The van der Waals surface area contributed by atoms with Gasteiger partial charge in [-0.05, 0) is 110 Å². The van der Waals surface area contributed by atoms with E-state index in [1.54, 1.807) is 18.5 Å². The molecule has 10 heteroatoms. The van der Waals surface area contributed by atoms with E-state index in [9.17, 15) is 9.59 Å². The third-order valence-corrected chi connectivity index (χ3v) is 9.12. The van der Waals surface area contributed by atoms with Crippen LogP contribution in [0.25, 0.3) is 11.1 Å². The lowest BCUT2D eigenvalue weighted by Crippen LogP contribution is -2.07. The number of benzene rings is 2. The molecule has 10 nitrogen and oxygen atoms in total. The van der Waals surface area contributed by atoms with Gasteiger partial charge in [-0.3, -0.25) is 4.98 Å². The summed E-state index contributed by atoms with van der Waals surface area (Å²) in [6.45, 7) is 11.1. The molecule has 0 bridgehead atoms. The fourth-order valence-corrected chi connectivity index (χ4v) is 6.19. The van der Waals surface area contributed by atoms with Gasteiger partial charge in [-0.2, -0.15) is 0 Å². The highest BCUT2D eigenvalue weighted by molar-refractivity contribution is 5.81. The van der Waals surface area contributed by atoms with E-state index in [1.807, 2.05) is 24.3 Å². The van der Waals surface area contributed by atoms with Crippen LogP contribution in [0.4, 0.5) is 0 Å². The Morgan fingerprint density at radius 2 is 1.17 bits per heavy atom. The van der Waals surface area contributed by atoms with Gasteiger partial charge in [0.1, 0.15) is 17.2 Å². The second kappa shape index (κ2) is 21.2. The molecule has 0 radical (unpaired) electrons. The van der Waals surface area contributed by atoms with E-state index in [0.717, 1.165) is 75.0 Å². The molecule has 1 unspecified atom stereocenters. The van der Waals surface area contributed by atoms with E-state index in [1.165, 1.54) is 40.0 Å². The minimum Gasteiger partial charge on any atom is -0.492 e. The first-order chi connectivity index (χ1) is 26.4. The quantitative estimate of drug-likeness (QED) is 0.0299. The van der Waals surface area contributed by atoms with Crippen molar-refractivity contribution in [1.29, 1.82) is 0 Å². The van der Waals surface area contributed by atoms with Gasteiger partial charge in [-0.1, -0.05) is 44.3 Å². The molecule has 1 atom stereocenters. The maximum atomic E-state index is 11.1. The average molecular weight is 735 g/mol. The van der Waals surface area contributed by atoms with Gasteiger partial charge in [0.25, 0.3) is 0 Å². The number of ether oxygens (including phenoxy) is 6. The molecule has 2 aromatic carbocycles. The fraction of sp³-hybridized carbons (Fsp3) is 0.364. The van der Waals surface area contributed by atoms with Crippen molar-refractivity contribution in [2.75, 3.05) is 33.2 Å². The number of nitrogens with zero attached hydrogens (tertiary/aromatic N) is 2. The summed E-state index contributed by atoms with van der Waals surface area (Å²) in [4.78, 5) is 31.1. The van der Waals surface area contributed by atoms with Gasteiger partial charge in [-0.25, -0.2) is 14.6 Å². The molecule has 2 aromatic heterocycles. The van der Waals surface area contributed by atoms with E-state index >= 15 is 0 Å². The zero-order valence-electron chi connectivity index (χ0n) is 31.1. The Labute approximate surface area is 318 Å². The van der Waals surface area contributed by atoms with Gasteiger partial charge in [0.05, 0.1) is 38.8 Å². The summed E-state index contributed by atoms with van der Waals surface area (Å²) in [6.07, 6.45) is 14.0. The van der Waals surface area contributed by atoms with E-state index in [-0.39, 0.29) is 24.6 Å². The van der Waals surface area contributed by atoms with Gasteiger partial charge in [0.15, 0.2) is 0 Å². The van der Waals surface area contributed by atoms with Crippen molar-refractivity contribution in [1.82, 2.24) is 9.97 Å². The average Bonchev–Trinajstić information content (AvgIpc) is 3.47. The smallest absolute Gasteiger partial charge is 0.330 e. The molecule has 1 aliphatic rings. The van der Waals surface area contributed by atoms with Crippen LogP contribution in [0.2, 0.25) is 0 Å². The van der Waals surface area contributed by atoms with Crippen molar-refractivity contribution in [3.8, 4) is 34.3 Å². The highest BCUT2D eigenvalue weighted by Crippen LogP contribution is 2.46. The third kappa shape index (κ3) is 12.2. The molecule has 0 saturated carbocycles. The van der Waals surface area contributed by atoms with Crippen molar-refractivity contribution in [2.45, 2.75) is 70.6 Å². The molecular weight excluding hydrogens is 684 g/mol. The molecular formula is C44H50N2O8. The second-order valence-electron chi connectivity index (χ2n) is 13.1. The van der Waals surface area contributed by atoms with Crippen LogP contribution in [0.15, 0.2) is 98.4 Å². The number of carbonyl (C=O) groups excluding carboxylic acids is 2. The Morgan fingerprint density at radius 1 is 0.611 bits per heavy atom. The zero-order chi connectivity index (χ0) is 38.0. The molecule has 284 valence electrons. The SMILES string of the molecule is C=CC(=O)OCCCCCCOc1ccc(Cc2ccc3c(c2)C(C)c2cc(OCOc4ccc(OCCCCCCOC(=O)C=C)cn4)ccc2-3)nc1. The lowest BCUT2D eigenvalue weighted by Gasteiger charge is -2.11. The van der Waals surface area contributed by atoms with Crippen LogP contribution in [0.3, 0.4) is 0 Å². The number of aromatic nitrogens is 2. The summed E-state index contributed by atoms with van der Waals surface area (Å²) in [6, 6.07) is 20.5. The number of fused-ring (bicyclic) bond motifs is 3. The monoisotopic (exact) mass is 734 g/mol. The standard InChI is InChI=1S/C44H50N2O8/c1-4-43(47)51-24-12-8-6-10-22-49-36-16-15-34(45-29-36)26-33-14-19-38-39-20-17-35(28-41(39)32(3)40(38)27-33)53-31-54-42-21-18-37(30-46-42)50-23-11-7-9-13-25-52-44(48)5-2/h4-5,14-21,27-30,32H,1-2,6-13,22-26,31H2,3H3. The van der Waals surface area contributed by atoms with Crippen LogP contribution in [-0.2, 0) is 25.5 Å². The predicted molar refractivity (Wildman–Crippen MR) is 207 cm³/mol. The third-order valence-electron chi connectivity index (χ3n) is 9.12. The number of hydrogen-bond donors (Lipinski definition) is 0. The Bertz CT molecular complexity index is 1820. The topological polar surface area (TPSA) is 115 Å². The van der Waals surface area contributed by atoms with Crippen LogP contribution in [-0.4, -0.2) is 55.1 Å². The number of esters is 2. The highest BCUT2D eigenvalue weighted by atomic mass is 16.7. The first kappa shape index (κ1) is 39.6. The van der Waals surface area contributed by atoms with Gasteiger partial charge in [-0.15, -0.1) is 0 Å². The maximum Gasteiger partial charge on any atom is 0.330 e. The van der Waals surface area contributed by atoms with Crippen molar-refractivity contribution < 1.29 is 38.0 Å². The van der Waals surface area contributed by atoms with Gasteiger partial charge >= 0.3 is 11.9 Å². The molecule has 0 N–H and O–H groups in total. The number of unbranched alkanes of at least 4 members (excludes halogenated alkanes) is 6. The minimum absolute atomic E-state index is 0.0347. The normalized spacial score (nSPS) is 12.6. The predicted octanol–water partition coefficient (Wildman–Crippen LogP) is 8.95. The molecule has 0 fully saturated rings. The number of carbonyl (C=O) groups is 2. The number of hydrogen-bond acceptors (Lipinski definition) is 10. The molecule has 0 aliphatic heterocycles. The van der Waals surface area contributed by atoms with Crippen molar-refractivity contribution in [3.63, 3.8) is 0 Å². The summed E-state index contributed by atoms with van der Waals surface area (Å²) in [5, 5.41) is 0. The highest BCUT2D eigenvalue weighted by Gasteiger charge is 2.26. The molecule has 5 rings (SSSR count). The summed E-state index contributed by atoms with van der Waals surface area (Å²) in [5.41, 5.74) is 7.19. The van der Waals surface area contributed by atoms with Gasteiger partial charge < -0.3 is 28.4 Å². The molecule has 0 spiro atoms. The molecule has 54 heavy (non-hydrogen) atoms. The molecule has 0 amide bonds. The Kier molecular flexibility index (Phi) is 15.5. The van der Waals surface area contributed by atoms with E-state index < -0.39 is 0 Å². The van der Waals surface area contributed by atoms with Gasteiger partial charge in [0, 0.05) is 36.3 Å². The first-order valence-electron chi connectivity index (χ1n) is 18.7. The minimum atomic E-state index is -0.381. The number of pyridine rings is 2. The lowest BCUT2D eigenvalue weighted by molar-refractivity contribution is -0.138. The van der Waals surface area contributed by atoms with Crippen molar-refractivity contribution in [3.05, 3.63) is 121 Å². The summed E-state index contributed by atoms with van der Waals surface area (Å²) in [7, 11) is 0.